The summed E-state index contributed by atoms with van der Waals surface area (Å²) in [6.45, 7) is 8.61. The monoisotopic (exact) mass is 257 g/mol. The summed E-state index contributed by atoms with van der Waals surface area (Å²) >= 11 is 0. The Labute approximate surface area is 112 Å². The van der Waals surface area contributed by atoms with Crippen LogP contribution in [-0.4, -0.2) is 68.8 Å². The maximum absolute atomic E-state index is 6.06. The van der Waals surface area contributed by atoms with Crippen molar-refractivity contribution in [1.29, 1.82) is 0 Å². The second-order valence-electron chi connectivity index (χ2n) is 6.34. The Morgan fingerprint density at radius 1 is 1.28 bits per heavy atom. The molecule has 0 heterocycles. The number of nitrogens with zero attached hydrogens (tertiary/aromatic N) is 2. The lowest BCUT2D eigenvalue weighted by Gasteiger charge is -2.54. The molecule has 1 fully saturated rings. The van der Waals surface area contributed by atoms with Crippen LogP contribution in [0.3, 0.4) is 0 Å². The van der Waals surface area contributed by atoms with Crippen molar-refractivity contribution in [3.63, 3.8) is 0 Å². The molecule has 0 bridgehead atoms. The van der Waals surface area contributed by atoms with Gasteiger partial charge in [-0.25, -0.2) is 0 Å². The summed E-state index contributed by atoms with van der Waals surface area (Å²) in [5.74, 6) is 0.678. The molecule has 4 heteroatoms. The highest BCUT2D eigenvalue weighted by Crippen LogP contribution is 2.39. The molecule has 1 aliphatic carbocycles. The average Bonchev–Trinajstić information content (AvgIpc) is 2.24. The summed E-state index contributed by atoms with van der Waals surface area (Å²) in [5, 5.41) is 0. The van der Waals surface area contributed by atoms with E-state index in [-0.39, 0.29) is 5.54 Å². The van der Waals surface area contributed by atoms with Crippen molar-refractivity contribution in [3.8, 4) is 0 Å². The van der Waals surface area contributed by atoms with Gasteiger partial charge in [-0.2, -0.15) is 0 Å². The number of nitrogens with two attached hydrogens (primary N) is 1. The van der Waals surface area contributed by atoms with Gasteiger partial charge in [-0.3, -0.25) is 4.90 Å². The van der Waals surface area contributed by atoms with Crippen molar-refractivity contribution in [2.75, 3.05) is 47.4 Å². The zero-order valence-corrected chi connectivity index (χ0v) is 12.8. The predicted molar refractivity (Wildman–Crippen MR) is 76.8 cm³/mol. The Bertz CT molecular complexity index is 237. The van der Waals surface area contributed by atoms with E-state index in [0.29, 0.717) is 12.0 Å². The van der Waals surface area contributed by atoms with Crippen LogP contribution in [0.4, 0.5) is 0 Å². The largest absolute Gasteiger partial charge is 0.381 e. The summed E-state index contributed by atoms with van der Waals surface area (Å²) in [6, 6.07) is 0. The van der Waals surface area contributed by atoms with Crippen LogP contribution in [0, 0.1) is 5.92 Å². The molecule has 0 aromatic carbocycles. The topological polar surface area (TPSA) is 41.7 Å². The fourth-order valence-electron chi connectivity index (χ4n) is 2.79. The number of hydrogen-bond donors (Lipinski definition) is 1. The van der Waals surface area contributed by atoms with Gasteiger partial charge in [0.25, 0.3) is 0 Å². The average molecular weight is 257 g/mol. The van der Waals surface area contributed by atoms with Crippen molar-refractivity contribution >= 4 is 0 Å². The molecule has 0 aliphatic heterocycles. The van der Waals surface area contributed by atoms with E-state index in [1.807, 2.05) is 0 Å². The number of hydrogen-bond acceptors (Lipinski definition) is 4. The molecule has 0 amide bonds. The van der Waals surface area contributed by atoms with Gasteiger partial charge in [-0.05, 0) is 32.9 Å². The highest BCUT2D eigenvalue weighted by molar-refractivity contribution is 5.04. The zero-order chi connectivity index (χ0) is 13.8. The minimum Gasteiger partial charge on any atom is -0.381 e. The van der Waals surface area contributed by atoms with Crippen molar-refractivity contribution < 1.29 is 4.74 Å². The lowest BCUT2D eigenvalue weighted by Crippen LogP contribution is -2.65. The molecule has 0 aromatic heterocycles. The molecule has 0 saturated heterocycles. The minimum atomic E-state index is 0.182. The van der Waals surface area contributed by atoms with E-state index in [2.05, 4.69) is 37.7 Å². The highest BCUT2D eigenvalue weighted by Gasteiger charge is 2.47. The van der Waals surface area contributed by atoms with Gasteiger partial charge in [0, 0.05) is 38.8 Å². The molecule has 4 nitrogen and oxygen atoms in total. The first-order valence-electron chi connectivity index (χ1n) is 7.06. The van der Waals surface area contributed by atoms with Crippen LogP contribution in [0.1, 0.15) is 26.7 Å². The summed E-state index contributed by atoms with van der Waals surface area (Å²) in [6.07, 6.45) is 2.57. The summed E-state index contributed by atoms with van der Waals surface area (Å²) in [5.41, 5.74) is 6.24. The Morgan fingerprint density at radius 2 is 1.89 bits per heavy atom. The quantitative estimate of drug-likeness (QED) is 0.705. The van der Waals surface area contributed by atoms with E-state index < -0.39 is 0 Å². The predicted octanol–water partition coefficient (Wildman–Crippen LogP) is 1.01. The Hall–Kier alpha value is -0.160. The lowest BCUT2D eigenvalue weighted by molar-refractivity contribution is -0.0914. The normalized spacial score (nSPS) is 28.2. The van der Waals surface area contributed by atoms with Crippen LogP contribution >= 0.6 is 0 Å². The van der Waals surface area contributed by atoms with E-state index in [1.165, 1.54) is 0 Å². The van der Waals surface area contributed by atoms with E-state index in [1.54, 1.807) is 7.11 Å². The van der Waals surface area contributed by atoms with Crippen molar-refractivity contribution in [3.05, 3.63) is 0 Å². The Morgan fingerprint density at radius 3 is 2.28 bits per heavy atom. The Balaban J connectivity index is 2.62. The van der Waals surface area contributed by atoms with Crippen molar-refractivity contribution in [2.45, 2.75) is 38.3 Å². The van der Waals surface area contributed by atoms with Gasteiger partial charge < -0.3 is 15.4 Å². The molecule has 0 radical (unpaired) electrons. The molecule has 1 rings (SSSR count). The smallest absolute Gasteiger partial charge is 0.0607 e. The zero-order valence-electron chi connectivity index (χ0n) is 12.8. The van der Waals surface area contributed by atoms with Crippen LogP contribution in [0.15, 0.2) is 0 Å². The second-order valence-corrected chi connectivity index (χ2v) is 6.34. The molecule has 0 aromatic rings. The van der Waals surface area contributed by atoms with Crippen molar-refractivity contribution in [1.82, 2.24) is 9.80 Å². The first kappa shape index (κ1) is 15.9. The maximum atomic E-state index is 6.06. The van der Waals surface area contributed by atoms with Gasteiger partial charge in [-0.15, -0.1) is 0 Å². The molecular formula is C14H31N3O. The standard InChI is InChI=1S/C14H31N3O/c1-12(2)10-17(7-6-16(3)4)14(11-15)8-13(9-14)18-5/h12-13H,6-11,15H2,1-5H3. The summed E-state index contributed by atoms with van der Waals surface area (Å²) < 4.78 is 5.43. The van der Waals surface area contributed by atoms with Crippen LogP contribution < -0.4 is 5.73 Å². The van der Waals surface area contributed by atoms with Gasteiger partial charge in [-0.1, -0.05) is 13.8 Å². The van der Waals surface area contributed by atoms with Crippen LogP contribution in [0.25, 0.3) is 0 Å². The molecule has 18 heavy (non-hydrogen) atoms. The lowest BCUT2D eigenvalue weighted by atomic mass is 9.72. The van der Waals surface area contributed by atoms with Gasteiger partial charge in [0.2, 0.25) is 0 Å². The van der Waals surface area contributed by atoms with Gasteiger partial charge >= 0.3 is 0 Å². The molecule has 1 saturated carbocycles. The highest BCUT2D eigenvalue weighted by atomic mass is 16.5. The van der Waals surface area contributed by atoms with Gasteiger partial charge in [0.05, 0.1) is 6.10 Å². The van der Waals surface area contributed by atoms with Crippen LogP contribution in [-0.2, 0) is 4.74 Å². The fraction of sp³-hybridized carbons (Fsp3) is 1.00. The third kappa shape index (κ3) is 3.92. The van der Waals surface area contributed by atoms with E-state index in [9.17, 15) is 0 Å². The molecule has 0 atom stereocenters. The van der Waals surface area contributed by atoms with E-state index in [0.717, 1.165) is 39.0 Å². The number of methoxy groups -OCH3 is 1. The Kier molecular flexibility index (Phi) is 6.05. The molecular weight excluding hydrogens is 226 g/mol. The SMILES string of the molecule is COC1CC(CN)(N(CCN(C)C)CC(C)C)C1. The van der Waals surface area contributed by atoms with Gasteiger partial charge in [0.1, 0.15) is 0 Å². The fourth-order valence-corrected chi connectivity index (χ4v) is 2.79. The maximum Gasteiger partial charge on any atom is 0.0607 e. The molecule has 1 aliphatic rings. The first-order valence-corrected chi connectivity index (χ1v) is 7.06. The third-order valence-corrected chi connectivity index (χ3v) is 4.00. The summed E-state index contributed by atoms with van der Waals surface area (Å²) in [4.78, 5) is 4.83. The third-order valence-electron chi connectivity index (χ3n) is 4.00. The molecule has 0 spiro atoms. The van der Waals surface area contributed by atoms with E-state index in [4.69, 9.17) is 10.5 Å². The van der Waals surface area contributed by atoms with Crippen LogP contribution in [0.5, 0.6) is 0 Å². The summed E-state index contributed by atoms with van der Waals surface area (Å²) in [7, 11) is 6.06. The van der Waals surface area contributed by atoms with E-state index >= 15 is 0 Å². The van der Waals surface area contributed by atoms with Crippen molar-refractivity contribution in [2.24, 2.45) is 11.7 Å². The number of ether oxygens (including phenoxy) is 1. The molecule has 108 valence electrons. The van der Waals surface area contributed by atoms with Crippen LogP contribution in [0.2, 0.25) is 0 Å². The van der Waals surface area contributed by atoms with Gasteiger partial charge in [0.15, 0.2) is 0 Å². The number of rotatable bonds is 8. The number of likely N-dealkylation sites (N-methyl/N-ethyl adjacent to an activating group) is 1. The first-order chi connectivity index (χ1) is 8.43. The molecule has 0 unspecified atom stereocenters. The minimum absolute atomic E-state index is 0.182. The molecule has 2 N–H and O–H groups in total. The second kappa shape index (κ2) is 6.85.